The largest absolute Gasteiger partial charge is 0.394 e. The summed E-state index contributed by atoms with van der Waals surface area (Å²) in [5.41, 5.74) is 5.86. The lowest BCUT2D eigenvalue weighted by Gasteiger charge is -2.25. The Labute approximate surface area is 91.4 Å². The van der Waals surface area contributed by atoms with Gasteiger partial charge in [-0.15, -0.1) is 0 Å². The Kier molecular flexibility index (Phi) is 4.54. The molecule has 3 N–H and O–H groups in total. The molecular weight excluding hydrogens is 192 g/mol. The van der Waals surface area contributed by atoms with Crippen molar-refractivity contribution in [2.45, 2.75) is 45.2 Å². The van der Waals surface area contributed by atoms with Crippen LogP contribution < -0.4 is 5.73 Å². The SMILES string of the molecule is CC(C)C(N)CC(=O)N1CCC[C@@H]1CO. The molecule has 4 heteroatoms. The number of nitrogens with two attached hydrogens (primary N) is 1. The van der Waals surface area contributed by atoms with Gasteiger partial charge in [-0.3, -0.25) is 4.79 Å². The molecule has 4 nitrogen and oxygen atoms in total. The van der Waals surface area contributed by atoms with Crippen LogP contribution in [0, 0.1) is 5.92 Å². The number of hydrogen-bond acceptors (Lipinski definition) is 3. The molecule has 0 aliphatic carbocycles. The van der Waals surface area contributed by atoms with E-state index < -0.39 is 0 Å². The molecule has 0 bridgehead atoms. The number of amides is 1. The first-order valence-corrected chi connectivity index (χ1v) is 5.72. The first-order valence-electron chi connectivity index (χ1n) is 5.72. The lowest BCUT2D eigenvalue weighted by atomic mass is 10.0. The third-order valence-corrected chi connectivity index (χ3v) is 3.17. The van der Waals surface area contributed by atoms with Crippen LogP contribution in [0.4, 0.5) is 0 Å². The molecule has 0 saturated carbocycles. The summed E-state index contributed by atoms with van der Waals surface area (Å²) in [5.74, 6) is 0.414. The van der Waals surface area contributed by atoms with Crippen LogP contribution in [-0.2, 0) is 4.79 Å². The summed E-state index contributed by atoms with van der Waals surface area (Å²) in [6, 6.07) is -0.0469. The van der Waals surface area contributed by atoms with Gasteiger partial charge in [0, 0.05) is 19.0 Å². The van der Waals surface area contributed by atoms with Crippen molar-refractivity contribution < 1.29 is 9.90 Å². The fourth-order valence-corrected chi connectivity index (χ4v) is 1.91. The molecule has 1 aliphatic rings. The quantitative estimate of drug-likeness (QED) is 0.709. The maximum atomic E-state index is 11.9. The molecule has 88 valence electrons. The van der Waals surface area contributed by atoms with Gasteiger partial charge in [0.1, 0.15) is 0 Å². The fourth-order valence-electron chi connectivity index (χ4n) is 1.91. The molecule has 0 aromatic heterocycles. The Balaban J connectivity index is 2.46. The van der Waals surface area contributed by atoms with Crippen LogP contribution in [0.15, 0.2) is 0 Å². The highest BCUT2D eigenvalue weighted by Gasteiger charge is 2.28. The van der Waals surface area contributed by atoms with Gasteiger partial charge in [-0.05, 0) is 18.8 Å². The summed E-state index contributed by atoms with van der Waals surface area (Å²) >= 11 is 0. The predicted octanol–water partition coefficient (Wildman–Crippen LogP) is 0.343. The van der Waals surface area contributed by atoms with Crippen molar-refractivity contribution in [2.75, 3.05) is 13.2 Å². The minimum atomic E-state index is -0.0718. The molecule has 1 amide bonds. The minimum Gasteiger partial charge on any atom is -0.394 e. The van der Waals surface area contributed by atoms with Crippen LogP contribution in [0.25, 0.3) is 0 Å². The van der Waals surface area contributed by atoms with Crippen LogP contribution in [0.2, 0.25) is 0 Å². The normalized spacial score (nSPS) is 23.5. The average Bonchev–Trinajstić information content (AvgIpc) is 2.64. The van der Waals surface area contributed by atoms with E-state index in [2.05, 4.69) is 0 Å². The van der Waals surface area contributed by atoms with Gasteiger partial charge in [0.15, 0.2) is 0 Å². The molecule has 0 spiro atoms. The molecular formula is C11H22N2O2. The maximum Gasteiger partial charge on any atom is 0.224 e. The molecule has 1 rings (SSSR count). The van der Waals surface area contributed by atoms with E-state index in [0.29, 0.717) is 12.3 Å². The van der Waals surface area contributed by atoms with Crippen molar-refractivity contribution in [2.24, 2.45) is 11.7 Å². The van der Waals surface area contributed by atoms with Gasteiger partial charge in [0.25, 0.3) is 0 Å². The second-order valence-electron chi connectivity index (χ2n) is 4.68. The second kappa shape index (κ2) is 5.47. The van der Waals surface area contributed by atoms with Crippen LogP contribution in [0.5, 0.6) is 0 Å². The summed E-state index contributed by atoms with van der Waals surface area (Å²) in [6.07, 6.45) is 2.31. The van der Waals surface area contributed by atoms with Crippen LogP contribution in [-0.4, -0.2) is 41.1 Å². The molecule has 1 heterocycles. The van der Waals surface area contributed by atoms with Crippen molar-refractivity contribution in [1.29, 1.82) is 0 Å². The summed E-state index contributed by atoms with van der Waals surface area (Å²) in [6.45, 7) is 4.88. The first kappa shape index (κ1) is 12.5. The number of carbonyl (C=O) groups is 1. The second-order valence-corrected chi connectivity index (χ2v) is 4.68. The highest BCUT2D eigenvalue weighted by atomic mass is 16.3. The number of nitrogens with zero attached hydrogens (tertiary/aromatic N) is 1. The Hall–Kier alpha value is -0.610. The van der Waals surface area contributed by atoms with Crippen molar-refractivity contribution in [3.05, 3.63) is 0 Å². The van der Waals surface area contributed by atoms with E-state index in [0.717, 1.165) is 19.4 Å². The Bertz CT molecular complexity index is 219. The van der Waals surface area contributed by atoms with E-state index in [1.165, 1.54) is 0 Å². The van der Waals surface area contributed by atoms with E-state index >= 15 is 0 Å². The molecule has 2 atom stereocenters. The van der Waals surface area contributed by atoms with Gasteiger partial charge in [0.2, 0.25) is 5.91 Å². The molecule has 0 aromatic carbocycles. The zero-order valence-electron chi connectivity index (χ0n) is 9.65. The maximum absolute atomic E-state index is 11.9. The zero-order chi connectivity index (χ0) is 11.4. The number of carbonyl (C=O) groups excluding carboxylic acids is 1. The number of aliphatic hydroxyl groups excluding tert-OH is 1. The monoisotopic (exact) mass is 214 g/mol. The van der Waals surface area contributed by atoms with Crippen molar-refractivity contribution in [3.63, 3.8) is 0 Å². The van der Waals surface area contributed by atoms with E-state index in [9.17, 15) is 4.79 Å². The average molecular weight is 214 g/mol. The molecule has 1 fully saturated rings. The lowest BCUT2D eigenvalue weighted by molar-refractivity contribution is -0.133. The van der Waals surface area contributed by atoms with Gasteiger partial charge in [0.05, 0.1) is 12.6 Å². The Morgan fingerprint density at radius 1 is 1.60 bits per heavy atom. The standard InChI is InChI=1S/C11H22N2O2/c1-8(2)10(12)6-11(15)13-5-3-4-9(13)7-14/h8-10,14H,3-7,12H2,1-2H3/t9-,10?/m1/s1. The van der Waals surface area contributed by atoms with E-state index in [-0.39, 0.29) is 24.6 Å². The summed E-state index contributed by atoms with van der Waals surface area (Å²) in [7, 11) is 0. The van der Waals surface area contributed by atoms with Gasteiger partial charge < -0.3 is 15.7 Å². The van der Waals surface area contributed by atoms with Gasteiger partial charge >= 0.3 is 0 Å². The van der Waals surface area contributed by atoms with Crippen LogP contribution in [0.3, 0.4) is 0 Å². The molecule has 1 saturated heterocycles. The summed E-state index contributed by atoms with van der Waals surface area (Å²) in [5, 5.41) is 9.10. The molecule has 1 aliphatic heterocycles. The number of aliphatic hydroxyl groups is 1. The van der Waals surface area contributed by atoms with Gasteiger partial charge in [-0.1, -0.05) is 13.8 Å². The highest BCUT2D eigenvalue weighted by molar-refractivity contribution is 5.77. The number of rotatable bonds is 4. The minimum absolute atomic E-state index is 0.0249. The number of hydrogen-bond donors (Lipinski definition) is 2. The first-order chi connectivity index (χ1) is 7.06. The van der Waals surface area contributed by atoms with Crippen LogP contribution in [0.1, 0.15) is 33.1 Å². The molecule has 0 aromatic rings. The molecule has 1 unspecified atom stereocenters. The third kappa shape index (κ3) is 3.18. The van der Waals surface area contributed by atoms with E-state index in [1.54, 1.807) is 4.90 Å². The van der Waals surface area contributed by atoms with Crippen molar-refractivity contribution in [3.8, 4) is 0 Å². The number of likely N-dealkylation sites (tertiary alicyclic amines) is 1. The Morgan fingerprint density at radius 2 is 2.27 bits per heavy atom. The zero-order valence-corrected chi connectivity index (χ0v) is 9.65. The van der Waals surface area contributed by atoms with Gasteiger partial charge in [-0.25, -0.2) is 0 Å². The van der Waals surface area contributed by atoms with E-state index in [4.69, 9.17) is 10.8 Å². The molecule has 0 radical (unpaired) electrons. The van der Waals surface area contributed by atoms with Crippen LogP contribution >= 0.6 is 0 Å². The summed E-state index contributed by atoms with van der Waals surface area (Å²) in [4.78, 5) is 13.6. The summed E-state index contributed by atoms with van der Waals surface area (Å²) < 4.78 is 0. The van der Waals surface area contributed by atoms with Crippen molar-refractivity contribution in [1.82, 2.24) is 4.90 Å². The topological polar surface area (TPSA) is 66.6 Å². The molecule has 15 heavy (non-hydrogen) atoms. The smallest absolute Gasteiger partial charge is 0.224 e. The van der Waals surface area contributed by atoms with Gasteiger partial charge in [-0.2, -0.15) is 0 Å². The third-order valence-electron chi connectivity index (χ3n) is 3.17. The fraction of sp³-hybridized carbons (Fsp3) is 0.909. The van der Waals surface area contributed by atoms with E-state index in [1.807, 2.05) is 13.8 Å². The van der Waals surface area contributed by atoms with Crippen molar-refractivity contribution >= 4 is 5.91 Å². The Morgan fingerprint density at radius 3 is 2.80 bits per heavy atom. The highest BCUT2D eigenvalue weighted by Crippen LogP contribution is 2.18. The predicted molar refractivity (Wildman–Crippen MR) is 59.3 cm³/mol. The lowest BCUT2D eigenvalue weighted by Crippen LogP contribution is -2.41.